The minimum atomic E-state index is 0.521. The third-order valence-corrected chi connectivity index (χ3v) is 3.55. The van der Waals surface area contributed by atoms with E-state index >= 15 is 0 Å². The Labute approximate surface area is 122 Å². The van der Waals surface area contributed by atoms with Crippen molar-refractivity contribution in [2.45, 2.75) is 46.1 Å². The summed E-state index contributed by atoms with van der Waals surface area (Å²) in [5, 5.41) is 0. The highest BCUT2D eigenvalue weighted by Gasteiger charge is 2.11. The molecule has 0 aromatic heterocycles. The molecular formula is C19H24O. The lowest BCUT2D eigenvalue weighted by atomic mass is 9.90. The predicted octanol–water partition coefficient (Wildman–Crippen LogP) is 5.51. The van der Waals surface area contributed by atoms with E-state index in [1.807, 2.05) is 18.2 Å². The van der Waals surface area contributed by atoms with Crippen molar-refractivity contribution in [3.05, 3.63) is 65.2 Å². The van der Waals surface area contributed by atoms with Gasteiger partial charge in [0.1, 0.15) is 12.4 Å². The van der Waals surface area contributed by atoms with Crippen molar-refractivity contribution in [1.82, 2.24) is 0 Å². The third-order valence-electron chi connectivity index (χ3n) is 3.55. The van der Waals surface area contributed by atoms with Crippen molar-refractivity contribution in [3.63, 3.8) is 0 Å². The molecule has 0 amide bonds. The van der Waals surface area contributed by atoms with Crippen LogP contribution in [0.5, 0.6) is 5.75 Å². The van der Waals surface area contributed by atoms with Gasteiger partial charge in [-0.05, 0) is 40.7 Å². The second kappa shape index (κ2) is 6.60. The van der Waals surface area contributed by atoms with Crippen LogP contribution in [0.4, 0.5) is 0 Å². The molecule has 0 unspecified atom stereocenters. The van der Waals surface area contributed by atoms with Gasteiger partial charge >= 0.3 is 0 Å². The molecule has 0 fully saturated rings. The van der Waals surface area contributed by atoms with E-state index in [1.54, 1.807) is 0 Å². The van der Waals surface area contributed by atoms with Crippen molar-refractivity contribution in [2.75, 3.05) is 0 Å². The summed E-state index contributed by atoms with van der Waals surface area (Å²) in [4.78, 5) is 0. The lowest BCUT2D eigenvalue weighted by Crippen LogP contribution is -2.01. The highest BCUT2D eigenvalue weighted by atomic mass is 16.5. The van der Waals surface area contributed by atoms with Crippen LogP contribution >= 0.6 is 0 Å². The van der Waals surface area contributed by atoms with Gasteiger partial charge in [0.25, 0.3) is 0 Å². The van der Waals surface area contributed by atoms with E-state index in [4.69, 9.17) is 4.74 Å². The molecule has 0 atom stereocenters. The summed E-state index contributed by atoms with van der Waals surface area (Å²) in [7, 11) is 0. The van der Waals surface area contributed by atoms with E-state index in [1.165, 1.54) is 16.7 Å². The number of rotatable bonds is 5. The molecule has 0 aliphatic rings. The molecule has 0 heterocycles. The number of hydrogen-bond acceptors (Lipinski definition) is 1. The average Bonchev–Trinajstić information content (AvgIpc) is 2.45. The van der Waals surface area contributed by atoms with E-state index in [0.717, 1.165) is 5.75 Å². The molecule has 2 aromatic rings. The Morgan fingerprint density at radius 2 is 1.45 bits per heavy atom. The first-order valence-electron chi connectivity index (χ1n) is 7.38. The van der Waals surface area contributed by atoms with E-state index < -0.39 is 0 Å². The molecule has 0 saturated heterocycles. The zero-order valence-corrected chi connectivity index (χ0v) is 12.9. The highest BCUT2D eigenvalue weighted by Crippen LogP contribution is 2.29. The summed E-state index contributed by atoms with van der Waals surface area (Å²) in [5.74, 6) is 2.03. The molecule has 2 aromatic carbocycles. The number of benzene rings is 2. The standard InChI is InChI=1S/C19H24O/c1-14(2)18-11-10-17(12-19(18)15(3)4)20-13-16-8-6-5-7-9-16/h5-12,14-15H,13H2,1-4H3. The van der Waals surface area contributed by atoms with Crippen molar-refractivity contribution >= 4 is 0 Å². The van der Waals surface area contributed by atoms with Gasteiger partial charge in [-0.3, -0.25) is 0 Å². The second-order valence-electron chi connectivity index (χ2n) is 5.87. The van der Waals surface area contributed by atoms with Crippen LogP contribution in [0.2, 0.25) is 0 Å². The SMILES string of the molecule is CC(C)c1ccc(OCc2ccccc2)cc1C(C)C. The topological polar surface area (TPSA) is 9.23 Å². The van der Waals surface area contributed by atoms with Crippen LogP contribution in [0.15, 0.2) is 48.5 Å². The van der Waals surface area contributed by atoms with Crippen LogP contribution in [0.1, 0.15) is 56.2 Å². The lowest BCUT2D eigenvalue weighted by Gasteiger charge is -2.17. The lowest BCUT2D eigenvalue weighted by molar-refractivity contribution is 0.305. The second-order valence-corrected chi connectivity index (χ2v) is 5.87. The maximum Gasteiger partial charge on any atom is 0.120 e. The maximum absolute atomic E-state index is 5.92. The molecule has 0 aliphatic heterocycles. The molecule has 0 saturated carbocycles. The van der Waals surface area contributed by atoms with E-state index in [2.05, 4.69) is 58.0 Å². The monoisotopic (exact) mass is 268 g/mol. The summed E-state index contributed by atoms with van der Waals surface area (Å²) in [5.41, 5.74) is 4.02. The van der Waals surface area contributed by atoms with Crippen molar-refractivity contribution in [1.29, 1.82) is 0 Å². The van der Waals surface area contributed by atoms with Gasteiger partial charge in [0.05, 0.1) is 0 Å². The first-order valence-corrected chi connectivity index (χ1v) is 7.38. The smallest absolute Gasteiger partial charge is 0.120 e. The minimum Gasteiger partial charge on any atom is -0.489 e. The predicted molar refractivity (Wildman–Crippen MR) is 85.4 cm³/mol. The molecule has 0 spiro atoms. The van der Waals surface area contributed by atoms with E-state index in [-0.39, 0.29) is 0 Å². The van der Waals surface area contributed by atoms with E-state index in [0.29, 0.717) is 18.4 Å². The Morgan fingerprint density at radius 1 is 0.800 bits per heavy atom. The summed E-state index contributed by atoms with van der Waals surface area (Å²) in [6.45, 7) is 9.58. The summed E-state index contributed by atoms with van der Waals surface area (Å²) >= 11 is 0. The van der Waals surface area contributed by atoms with Crippen LogP contribution in [0.3, 0.4) is 0 Å². The van der Waals surface area contributed by atoms with Crippen molar-refractivity contribution in [3.8, 4) is 5.75 Å². The first kappa shape index (κ1) is 14.6. The van der Waals surface area contributed by atoms with Crippen molar-refractivity contribution in [2.24, 2.45) is 0 Å². The Bertz CT molecular complexity index is 541. The van der Waals surface area contributed by atoms with Gasteiger partial charge in [-0.2, -0.15) is 0 Å². The van der Waals surface area contributed by atoms with Gasteiger partial charge in [0, 0.05) is 0 Å². The highest BCUT2D eigenvalue weighted by molar-refractivity contribution is 5.39. The fourth-order valence-corrected chi connectivity index (χ4v) is 2.41. The zero-order chi connectivity index (χ0) is 14.5. The van der Waals surface area contributed by atoms with Gasteiger partial charge in [0.2, 0.25) is 0 Å². The van der Waals surface area contributed by atoms with Crippen LogP contribution in [0.25, 0.3) is 0 Å². The maximum atomic E-state index is 5.92. The van der Waals surface area contributed by atoms with Crippen LogP contribution in [-0.2, 0) is 6.61 Å². The molecule has 106 valence electrons. The molecule has 0 aliphatic carbocycles. The van der Waals surface area contributed by atoms with Gasteiger partial charge in [-0.1, -0.05) is 64.1 Å². The van der Waals surface area contributed by atoms with Gasteiger partial charge < -0.3 is 4.74 Å². The average molecular weight is 268 g/mol. The Balaban J connectivity index is 2.15. The molecule has 2 rings (SSSR count). The Hall–Kier alpha value is -1.76. The molecule has 1 nitrogen and oxygen atoms in total. The summed E-state index contributed by atoms with van der Waals surface area (Å²) in [6, 6.07) is 16.8. The van der Waals surface area contributed by atoms with Gasteiger partial charge in [-0.15, -0.1) is 0 Å². The summed E-state index contributed by atoms with van der Waals surface area (Å²) in [6.07, 6.45) is 0. The quantitative estimate of drug-likeness (QED) is 0.694. The minimum absolute atomic E-state index is 0.521. The number of hydrogen-bond donors (Lipinski definition) is 0. The molecule has 20 heavy (non-hydrogen) atoms. The summed E-state index contributed by atoms with van der Waals surface area (Å²) < 4.78 is 5.92. The first-order chi connectivity index (χ1) is 9.58. The van der Waals surface area contributed by atoms with Crippen LogP contribution in [-0.4, -0.2) is 0 Å². The van der Waals surface area contributed by atoms with Crippen LogP contribution < -0.4 is 4.74 Å². The molecular weight excluding hydrogens is 244 g/mol. The van der Waals surface area contributed by atoms with Gasteiger partial charge in [-0.25, -0.2) is 0 Å². The van der Waals surface area contributed by atoms with E-state index in [9.17, 15) is 0 Å². The fraction of sp³-hybridized carbons (Fsp3) is 0.368. The van der Waals surface area contributed by atoms with Gasteiger partial charge in [0.15, 0.2) is 0 Å². The third kappa shape index (κ3) is 3.63. The fourth-order valence-electron chi connectivity index (χ4n) is 2.41. The zero-order valence-electron chi connectivity index (χ0n) is 12.9. The number of ether oxygens (including phenoxy) is 1. The Morgan fingerprint density at radius 3 is 2.05 bits per heavy atom. The molecule has 1 heteroatoms. The molecule has 0 N–H and O–H groups in total. The normalized spacial score (nSPS) is 11.1. The van der Waals surface area contributed by atoms with Crippen molar-refractivity contribution < 1.29 is 4.74 Å². The molecule has 0 bridgehead atoms. The van der Waals surface area contributed by atoms with Crippen LogP contribution in [0, 0.1) is 0 Å². The molecule has 0 radical (unpaired) electrons. The largest absolute Gasteiger partial charge is 0.489 e. The Kier molecular flexibility index (Phi) is 4.84.